The minimum atomic E-state index is -0.730. The minimum absolute atomic E-state index is 0.00666. The lowest BCUT2D eigenvalue weighted by atomic mass is 10.1. The Morgan fingerprint density at radius 3 is 2.46 bits per heavy atom. The van der Waals surface area contributed by atoms with Crippen LogP contribution in [0.15, 0.2) is 66.7 Å². The number of carbonyl (C=O) groups is 2. The number of aliphatic hydroxyl groups is 1. The predicted octanol–water partition coefficient (Wildman–Crippen LogP) is 3.81. The van der Waals surface area contributed by atoms with Crippen molar-refractivity contribution in [3.05, 3.63) is 78.0 Å². The van der Waals surface area contributed by atoms with Crippen molar-refractivity contribution in [2.24, 2.45) is 5.73 Å². The molecule has 0 aliphatic rings. The SMILES string of the molecule is NC(=O)c1nc(Nc2ccc3ccccc3c2)sc1NC(=O)c1ccc(NCCOCCO)cc1. The Balaban J connectivity index is 1.42. The lowest BCUT2D eigenvalue weighted by Crippen LogP contribution is -2.17. The number of fused-ring (bicyclic) bond motifs is 1. The van der Waals surface area contributed by atoms with Gasteiger partial charge in [-0.25, -0.2) is 4.98 Å². The molecule has 1 aromatic heterocycles. The van der Waals surface area contributed by atoms with Crippen LogP contribution in [0.25, 0.3) is 10.8 Å². The number of nitrogens with two attached hydrogens (primary N) is 1. The van der Waals surface area contributed by atoms with Crippen LogP contribution in [0, 0.1) is 0 Å². The molecule has 0 bridgehead atoms. The van der Waals surface area contributed by atoms with E-state index in [1.807, 2.05) is 42.5 Å². The van der Waals surface area contributed by atoms with E-state index < -0.39 is 5.91 Å². The molecule has 0 unspecified atom stereocenters. The lowest BCUT2D eigenvalue weighted by molar-refractivity contribution is 0.0992. The third kappa shape index (κ3) is 6.33. The highest BCUT2D eigenvalue weighted by atomic mass is 32.1. The van der Waals surface area contributed by atoms with Crippen LogP contribution in [0.5, 0.6) is 0 Å². The van der Waals surface area contributed by atoms with Crippen molar-refractivity contribution in [1.82, 2.24) is 4.98 Å². The number of rotatable bonds is 11. The van der Waals surface area contributed by atoms with E-state index in [1.54, 1.807) is 24.3 Å². The quantitative estimate of drug-likeness (QED) is 0.201. The highest BCUT2D eigenvalue weighted by Crippen LogP contribution is 2.32. The minimum Gasteiger partial charge on any atom is -0.394 e. The summed E-state index contributed by atoms with van der Waals surface area (Å²) in [4.78, 5) is 29.0. The van der Waals surface area contributed by atoms with Gasteiger partial charge in [0, 0.05) is 23.5 Å². The Kier molecular flexibility index (Phi) is 7.88. The summed E-state index contributed by atoms with van der Waals surface area (Å²) in [6.45, 7) is 1.31. The summed E-state index contributed by atoms with van der Waals surface area (Å²) in [5, 5.41) is 20.7. The molecule has 10 heteroatoms. The molecule has 0 aliphatic carbocycles. The van der Waals surface area contributed by atoms with Crippen LogP contribution in [0.4, 0.5) is 21.5 Å². The normalized spacial score (nSPS) is 10.8. The van der Waals surface area contributed by atoms with Crippen molar-refractivity contribution in [2.75, 3.05) is 42.3 Å². The summed E-state index contributed by atoms with van der Waals surface area (Å²) >= 11 is 1.13. The van der Waals surface area contributed by atoms with E-state index in [2.05, 4.69) is 20.9 Å². The highest BCUT2D eigenvalue weighted by molar-refractivity contribution is 7.20. The number of primary amides is 1. The van der Waals surface area contributed by atoms with E-state index in [0.717, 1.165) is 33.5 Å². The number of hydrogen-bond acceptors (Lipinski definition) is 8. The number of hydrogen-bond donors (Lipinski definition) is 5. The first-order valence-electron chi connectivity index (χ1n) is 10.9. The van der Waals surface area contributed by atoms with Gasteiger partial charge in [0.15, 0.2) is 10.8 Å². The fourth-order valence-electron chi connectivity index (χ4n) is 3.36. The first kappa shape index (κ1) is 24.1. The third-order valence-corrected chi connectivity index (χ3v) is 5.93. The largest absolute Gasteiger partial charge is 0.394 e. The average molecular weight is 492 g/mol. The fraction of sp³-hybridized carbons (Fsp3) is 0.160. The number of nitrogens with one attached hydrogen (secondary N) is 3. The lowest BCUT2D eigenvalue weighted by Gasteiger charge is -2.08. The monoisotopic (exact) mass is 491 g/mol. The van der Waals surface area contributed by atoms with Gasteiger partial charge < -0.3 is 31.5 Å². The molecule has 0 saturated heterocycles. The molecule has 4 aromatic rings. The second-order valence-corrected chi connectivity index (χ2v) is 8.54. The summed E-state index contributed by atoms with van der Waals surface area (Å²) in [7, 11) is 0. The standard InChI is InChI=1S/C25H25N5O4S/c26-22(32)21-24(30-23(33)17-6-8-19(9-7-17)27-11-13-34-14-12-31)35-25(29-21)28-20-10-5-16-3-1-2-4-18(16)15-20/h1-10,15,27,31H,11-14H2,(H2,26,32)(H,28,29)(H,30,33). The number of thiazole rings is 1. The molecular formula is C25H25N5O4S. The van der Waals surface area contributed by atoms with Crippen molar-refractivity contribution < 1.29 is 19.4 Å². The molecule has 9 nitrogen and oxygen atoms in total. The molecule has 2 amide bonds. The van der Waals surface area contributed by atoms with Crippen LogP contribution >= 0.6 is 11.3 Å². The molecule has 3 aromatic carbocycles. The zero-order valence-electron chi connectivity index (χ0n) is 18.8. The van der Waals surface area contributed by atoms with Gasteiger partial charge in [0.1, 0.15) is 5.00 Å². The molecule has 0 aliphatic heterocycles. The van der Waals surface area contributed by atoms with Gasteiger partial charge in [-0.05, 0) is 47.2 Å². The molecule has 35 heavy (non-hydrogen) atoms. The summed E-state index contributed by atoms with van der Waals surface area (Å²) in [6, 6.07) is 20.8. The average Bonchev–Trinajstić information content (AvgIpc) is 3.26. The number of benzene rings is 3. The van der Waals surface area contributed by atoms with Gasteiger partial charge in [0.25, 0.3) is 11.8 Å². The first-order valence-corrected chi connectivity index (χ1v) is 11.8. The molecule has 6 N–H and O–H groups in total. The summed E-state index contributed by atoms with van der Waals surface area (Å²) in [5.41, 5.74) is 7.54. The van der Waals surface area contributed by atoms with E-state index in [4.69, 9.17) is 15.6 Å². The molecule has 0 spiro atoms. The van der Waals surface area contributed by atoms with Crippen molar-refractivity contribution in [3.63, 3.8) is 0 Å². The molecular weight excluding hydrogens is 466 g/mol. The molecule has 0 fully saturated rings. The van der Waals surface area contributed by atoms with E-state index in [0.29, 0.717) is 30.5 Å². The predicted molar refractivity (Wildman–Crippen MR) is 139 cm³/mol. The van der Waals surface area contributed by atoms with Crippen molar-refractivity contribution in [3.8, 4) is 0 Å². The topological polar surface area (TPSA) is 139 Å². The van der Waals surface area contributed by atoms with Gasteiger partial charge >= 0.3 is 0 Å². The van der Waals surface area contributed by atoms with Crippen LogP contribution in [0.1, 0.15) is 20.8 Å². The van der Waals surface area contributed by atoms with E-state index in [9.17, 15) is 9.59 Å². The maximum absolute atomic E-state index is 12.8. The van der Waals surface area contributed by atoms with Gasteiger partial charge in [0.05, 0.1) is 19.8 Å². The van der Waals surface area contributed by atoms with Crippen molar-refractivity contribution in [1.29, 1.82) is 0 Å². The Morgan fingerprint density at radius 2 is 1.71 bits per heavy atom. The van der Waals surface area contributed by atoms with Gasteiger partial charge in [0.2, 0.25) is 0 Å². The van der Waals surface area contributed by atoms with Gasteiger partial charge in [-0.15, -0.1) is 0 Å². The van der Waals surface area contributed by atoms with E-state index in [1.165, 1.54) is 0 Å². The second kappa shape index (κ2) is 11.4. The summed E-state index contributed by atoms with van der Waals surface area (Å²) in [5.74, 6) is -1.11. The first-order chi connectivity index (χ1) is 17.0. The zero-order chi connectivity index (χ0) is 24.6. The molecule has 180 valence electrons. The maximum atomic E-state index is 12.8. The molecule has 0 atom stereocenters. The maximum Gasteiger partial charge on any atom is 0.270 e. The third-order valence-electron chi connectivity index (χ3n) is 5.05. The van der Waals surface area contributed by atoms with Crippen LogP contribution in [0.2, 0.25) is 0 Å². The summed E-state index contributed by atoms with van der Waals surface area (Å²) < 4.78 is 5.20. The van der Waals surface area contributed by atoms with Crippen LogP contribution in [0.3, 0.4) is 0 Å². The number of carbonyl (C=O) groups excluding carboxylic acids is 2. The highest BCUT2D eigenvalue weighted by Gasteiger charge is 2.19. The number of aliphatic hydroxyl groups excluding tert-OH is 1. The van der Waals surface area contributed by atoms with Crippen molar-refractivity contribution >= 4 is 55.4 Å². The number of ether oxygens (including phenoxy) is 1. The second-order valence-electron chi connectivity index (χ2n) is 7.54. The number of aromatic nitrogens is 1. The fourth-order valence-corrected chi connectivity index (χ4v) is 4.25. The van der Waals surface area contributed by atoms with Crippen molar-refractivity contribution in [2.45, 2.75) is 0 Å². The van der Waals surface area contributed by atoms with Crippen LogP contribution in [-0.2, 0) is 4.74 Å². The van der Waals surface area contributed by atoms with Crippen LogP contribution in [-0.4, -0.2) is 48.3 Å². The van der Waals surface area contributed by atoms with Gasteiger partial charge in [-0.1, -0.05) is 41.7 Å². The Labute approximate surface area is 205 Å². The Bertz CT molecular complexity index is 1320. The number of nitrogens with zero attached hydrogens (tertiary/aromatic N) is 1. The number of anilines is 4. The Morgan fingerprint density at radius 1 is 0.971 bits per heavy atom. The van der Waals surface area contributed by atoms with E-state index >= 15 is 0 Å². The van der Waals surface area contributed by atoms with Crippen LogP contribution < -0.4 is 21.7 Å². The zero-order valence-corrected chi connectivity index (χ0v) is 19.6. The Hall–Kier alpha value is -3.99. The smallest absolute Gasteiger partial charge is 0.270 e. The molecule has 0 saturated carbocycles. The molecule has 0 radical (unpaired) electrons. The number of amides is 2. The summed E-state index contributed by atoms with van der Waals surface area (Å²) in [6.07, 6.45) is 0. The van der Waals surface area contributed by atoms with E-state index in [-0.39, 0.29) is 23.2 Å². The van der Waals surface area contributed by atoms with Gasteiger partial charge in [-0.3, -0.25) is 9.59 Å². The molecule has 1 heterocycles. The van der Waals surface area contributed by atoms with Gasteiger partial charge in [-0.2, -0.15) is 0 Å². The molecule has 4 rings (SSSR count).